The van der Waals surface area contributed by atoms with Gasteiger partial charge in [0, 0.05) is 17.3 Å². The summed E-state index contributed by atoms with van der Waals surface area (Å²) in [4.78, 5) is 0.202. The largest absolute Gasteiger partial charge is 0.497 e. The van der Waals surface area contributed by atoms with Gasteiger partial charge in [0.25, 0.3) is 10.0 Å². The second-order valence-electron chi connectivity index (χ2n) is 6.42. The van der Waals surface area contributed by atoms with Crippen molar-refractivity contribution in [2.75, 3.05) is 14.2 Å². The Morgan fingerprint density at radius 3 is 2.14 bits per heavy atom. The molecule has 0 aliphatic rings. The number of ether oxygens (including phenoxy) is 2. The van der Waals surface area contributed by atoms with E-state index in [9.17, 15) is 8.42 Å². The normalized spacial score (nSPS) is 11.8. The van der Waals surface area contributed by atoms with Crippen molar-refractivity contribution in [3.8, 4) is 11.5 Å². The van der Waals surface area contributed by atoms with Crippen LogP contribution in [0.1, 0.15) is 16.7 Å². The summed E-state index contributed by atoms with van der Waals surface area (Å²) in [6.45, 7) is 1.91. The third-order valence-corrected chi connectivity index (χ3v) is 5.81. The number of aryl methyl sites for hydroxylation is 1. The number of rotatable bonds is 7. The molecule has 0 atom stereocenters. The first-order valence-electron chi connectivity index (χ1n) is 9.01. The van der Waals surface area contributed by atoms with Crippen molar-refractivity contribution >= 4 is 15.6 Å². The van der Waals surface area contributed by atoms with Crippen LogP contribution in [0.3, 0.4) is 0 Å². The molecular weight excluding hydrogens is 386 g/mol. The van der Waals surface area contributed by atoms with Gasteiger partial charge in [-0.2, -0.15) is 0 Å². The molecule has 1 N–H and O–H groups in total. The maximum atomic E-state index is 12.8. The second kappa shape index (κ2) is 8.84. The molecule has 5 nitrogen and oxygen atoms in total. The Labute approximate surface area is 171 Å². The molecule has 0 aromatic heterocycles. The average Bonchev–Trinajstić information content (AvgIpc) is 2.75. The van der Waals surface area contributed by atoms with Crippen molar-refractivity contribution in [1.29, 1.82) is 0 Å². The third-order valence-electron chi connectivity index (χ3n) is 4.49. The van der Waals surface area contributed by atoms with E-state index in [0.717, 1.165) is 16.7 Å². The summed E-state index contributed by atoms with van der Waals surface area (Å²) in [5.74, 6) is 1.36. The summed E-state index contributed by atoms with van der Waals surface area (Å²) < 4.78 is 38.8. The molecule has 0 fully saturated rings. The summed E-state index contributed by atoms with van der Waals surface area (Å²) in [5.41, 5.74) is 3.27. The zero-order chi connectivity index (χ0) is 20.9. The lowest BCUT2D eigenvalue weighted by Crippen LogP contribution is -2.18. The number of benzene rings is 3. The highest BCUT2D eigenvalue weighted by Gasteiger charge is 2.15. The lowest BCUT2D eigenvalue weighted by atomic mass is 9.98. The molecule has 0 bridgehead atoms. The van der Waals surface area contributed by atoms with Crippen LogP contribution < -0.4 is 14.2 Å². The van der Waals surface area contributed by atoms with Gasteiger partial charge in [-0.1, -0.05) is 48.0 Å². The van der Waals surface area contributed by atoms with Crippen LogP contribution in [-0.2, 0) is 10.0 Å². The summed E-state index contributed by atoms with van der Waals surface area (Å²) >= 11 is 0. The van der Waals surface area contributed by atoms with Crippen LogP contribution >= 0.6 is 0 Å². The molecule has 29 heavy (non-hydrogen) atoms. The van der Waals surface area contributed by atoms with Gasteiger partial charge in [0.05, 0.1) is 19.1 Å². The molecule has 0 aliphatic heterocycles. The first-order chi connectivity index (χ1) is 13.9. The lowest BCUT2D eigenvalue weighted by Gasteiger charge is -2.14. The van der Waals surface area contributed by atoms with Gasteiger partial charge >= 0.3 is 0 Å². The molecule has 0 heterocycles. The van der Waals surface area contributed by atoms with E-state index in [4.69, 9.17) is 9.47 Å². The number of methoxy groups -OCH3 is 2. The first kappa shape index (κ1) is 20.5. The van der Waals surface area contributed by atoms with Crippen molar-refractivity contribution in [3.05, 3.63) is 95.7 Å². The maximum Gasteiger partial charge on any atom is 0.261 e. The first-order valence-corrected chi connectivity index (χ1v) is 10.5. The van der Waals surface area contributed by atoms with E-state index in [1.54, 1.807) is 38.5 Å². The van der Waals surface area contributed by atoms with Crippen molar-refractivity contribution in [3.63, 3.8) is 0 Å². The fourth-order valence-electron chi connectivity index (χ4n) is 2.88. The third kappa shape index (κ3) is 4.78. The van der Waals surface area contributed by atoms with Gasteiger partial charge in [-0.15, -0.1) is 0 Å². The summed E-state index contributed by atoms with van der Waals surface area (Å²) in [6, 6.07) is 21.6. The van der Waals surface area contributed by atoms with Gasteiger partial charge in [-0.05, 0) is 42.8 Å². The monoisotopic (exact) mass is 409 g/mol. The maximum absolute atomic E-state index is 12.8. The Hall–Kier alpha value is -3.25. The number of para-hydroxylation sites is 1. The Morgan fingerprint density at radius 1 is 0.862 bits per heavy atom. The molecule has 0 saturated carbocycles. The van der Waals surface area contributed by atoms with E-state index >= 15 is 0 Å². The van der Waals surface area contributed by atoms with Crippen molar-refractivity contribution in [2.24, 2.45) is 0 Å². The number of hydrogen-bond donors (Lipinski definition) is 1. The molecule has 0 spiro atoms. The van der Waals surface area contributed by atoms with Gasteiger partial charge in [0.2, 0.25) is 0 Å². The molecule has 0 aliphatic carbocycles. The lowest BCUT2D eigenvalue weighted by molar-refractivity contribution is 0.413. The minimum atomic E-state index is -3.71. The van der Waals surface area contributed by atoms with Crippen LogP contribution in [0.25, 0.3) is 5.57 Å². The summed E-state index contributed by atoms with van der Waals surface area (Å²) in [5, 5.41) is 0. The van der Waals surface area contributed by atoms with Crippen molar-refractivity contribution < 1.29 is 17.9 Å². The number of sulfonamides is 1. The highest BCUT2D eigenvalue weighted by atomic mass is 32.2. The van der Waals surface area contributed by atoms with E-state index in [2.05, 4.69) is 4.72 Å². The number of hydrogen-bond acceptors (Lipinski definition) is 4. The molecule has 3 rings (SSSR count). The van der Waals surface area contributed by atoms with Crippen LogP contribution in [-0.4, -0.2) is 22.6 Å². The molecule has 0 amide bonds. The van der Waals surface area contributed by atoms with Gasteiger partial charge in [-0.25, -0.2) is 8.42 Å². The average molecular weight is 410 g/mol. The fourth-order valence-corrected chi connectivity index (χ4v) is 3.78. The number of nitrogens with one attached hydrogen (secondary N) is 1. The zero-order valence-corrected chi connectivity index (χ0v) is 17.4. The van der Waals surface area contributed by atoms with Crippen LogP contribution in [0.4, 0.5) is 0 Å². The van der Waals surface area contributed by atoms with Crippen LogP contribution in [0.5, 0.6) is 11.5 Å². The highest BCUT2D eigenvalue weighted by molar-refractivity contribution is 7.89. The summed E-state index contributed by atoms with van der Waals surface area (Å²) in [7, 11) is -0.529. The minimum absolute atomic E-state index is 0.202. The standard InChI is InChI=1S/C23H23NO4S/c1-17-8-14-20(15-9-17)29(25,26)24-16-22(18-10-12-19(27-2)13-11-18)21-6-4-5-7-23(21)28-3/h4-16,24H,1-3H3/b22-16+. The molecule has 0 unspecified atom stereocenters. The van der Waals surface area contributed by atoms with E-state index in [-0.39, 0.29) is 4.90 Å². The van der Waals surface area contributed by atoms with Crippen molar-refractivity contribution in [1.82, 2.24) is 4.72 Å². The Morgan fingerprint density at radius 2 is 1.52 bits per heavy atom. The SMILES string of the molecule is COc1ccc(/C(=C\NS(=O)(=O)c2ccc(C)cc2)c2ccccc2OC)cc1. The van der Waals surface area contributed by atoms with Gasteiger partial charge < -0.3 is 9.47 Å². The predicted molar refractivity (Wildman–Crippen MR) is 115 cm³/mol. The Balaban J connectivity index is 2.05. The summed E-state index contributed by atoms with van der Waals surface area (Å²) in [6.07, 6.45) is 1.49. The molecule has 0 saturated heterocycles. The molecule has 3 aromatic carbocycles. The van der Waals surface area contributed by atoms with E-state index in [1.807, 2.05) is 55.5 Å². The zero-order valence-electron chi connectivity index (χ0n) is 16.5. The smallest absolute Gasteiger partial charge is 0.261 e. The Kier molecular flexibility index (Phi) is 6.24. The van der Waals surface area contributed by atoms with Crippen LogP contribution in [0.15, 0.2) is 83.9 Å². The Bertz CT molecular complexity index is 1100. The van der Waals surface area contributed by atoms with Crippen molar-refractivity contribution in [2.45, 2.75) is 11.8 Å². The van der Waals surface area contributed by atoms with E-state index in [1.165, 1.54) is 6.20 Å². The van der Waals surface area contributed by atoms with Gasteiger partial charge in [0.1, 0.15) is 11.5 Å². The molecule has 3 aromatic rings. The highest BCUT2D eigenvalue weighted by Crippen LogP contribution is 2.31. The predicted octanol–water partition coefficient (Wildman–Crippen LogP) is 4.38. The molecular formula is C23H23NO4S. The minimum Gasteiger partial charge on any atom is -0.497 e. The van der Waals surface area contributed by atoms with Gasteiger partial charge in [-0.3, -0.25) is 4.72 Å². The van der Waals surface area contributed by atoms with E-state index in [0.29, 0.717) is 17.1 Å². The quantitative estimate of drug-likeness (QED) is 0.629. The van der Waals surface area contributed by atoms with Crippen LogP contribution in [0, 0.1) is 6.92 Å². The topological polar surface area (TPSA) is 64.6 Å². The second-order valence-corrected chi connectivity index (χ2v) is 8.14. The molecule has 6 heteroatoms. The van der Waals surface area contributed by atoms with Gasteiger partial charge in [0.15, 0.2) is 0 Å². The fraction of sp³-hybridized carbons (Fsp3) is 0.130. The molecule has 150 valence electrons. The molecule has 0 radical (unpaired) electrons. The van der Waals surface area contributed by atoms with E-state index < -0.39 is 10.0 Å². The van der Waals surface area contributed by atoms with Crippen LogP contribution in [0.2, 0.25) is 0 Å².